The van der Waals surface area contributed by atoms with Crippen LogP contribution in [-0.2, 0) is 6.54 Å². The Morgan fingerprint density at radius 2 is 2.36 bits per heavy atom. The molecular weight excluding hydrogens is 192 g/mol. The van der Waals surface area contributed by atoms with Crippen LogP contribution in [0, 0.1) is 4.77 Å². The van der Waals surface area contributed by atoms with E-state index in [2.05, 4.69) is 15.6 Å². The van der Waals surface area contributed by atoms with Gasteiger partial charge in [-0.3, -0.25) is 0 Å². The number of hydrogen-bond donors (Lipinski definition) is 1. The number of H-pyrrole nitrogens is 1. The van der Waals surface area contributed by atoms with Gasteiger partial charge in [0.05, 0.1) is 0 Å². The van der Waals surface area contributed by atoms with Gasteiger partial charge in [0.1, 0.15) is 0 Å². The van der Waals surface area contributed by atoms with Crippen molar-refractivity contribution in [1.29, 1.82) is 0 Å². The van der Waals surface area contributed by atoms with Gasteiger partial charge in [0.15, 0.2) is 4.77 Å². The summed E-state index contributed by atoms with van der Waals surface area (Å²) in [5, 5.41) is 0. The smallest absolute Gasteiger partial charge is 0.177 e. The number of nitrogens with zero attached hydrogens (tertiary/aromatic N) is 1. The molecule has 1 heterocycles. The van der Waals surface area contributed by atoms with Crippen LogP contribution in [-0.4, -0.2) is 9.55 Å². The highest BCUT2D eigenvalue weighted by molar-refractivity contribution is 7.71. The zero-order valence-corrected chi connectivity index (χ0v) is 9.15. The SMILES string of the molecule is S=c1[nH]ccn1CCC1=CCCCC1. The first-order valence-corrected chi connectivity index (χ1v) is 5.69. The maximum absolute atomic E-state index is 5.14. The highest BCUT2D eigenvalue weighted by atomic mass is 32.1. The molecule has 0 amide bonds. The maximum Gasteiger partial charge on any atom is 0.177 e. The van der Waals surface area contributed by atoms with Gasteiger partial charge in [0, 0.05) is 18.9 Å². The quantitative estimate of drug-likeness (QED) is 0.596. The van der Waals surface area contributed by atoms with Crippen LogP contribution in [0.1, 0.15) is 32.1 Å². The van der Waals surface area contributed by atoms with Gasteiger partial charge in [-0.05, 0) is 44.3 Å². The first-order chi connectivity index (χ1) is 6.86. The number of rotatable bonds is 3. The van der Waals surface area contributed by atoms with Crippen LogP contribution in [0.15, 0.2) is 24.0 Å². The average Bonchev–Trinajstić information content (AvgIpc) is 2.63. The summed E-state index contributed by atoms with van der Waals surface area (Å²) in [7, 11) is 0. The Bertz CT molecular complexity index is 373. The molecule has 0 fully saturated rings. The minimum atomic E-state index is 0.835. The van der Waals surface area contributed by atoms with Gasteiger partial charge in [-0.15, -0.1) is 0 Å². The summed E-state index contributed by atoms with van der Waals surface area (Å²) in [6, 6.07) is 0. The highest BCUT2D eigenvalue weighted by Crippen LogP contribution is 2.20. The molecule has 0 radical (unpaired) electrons. The molecule has 2 nitrogen and oxygen atoms in total. The summed E-state index contributed by atoms with van der Waals surface area (Å²) >= 11 is 5.14. The molecule has 2 rings (SSSR count). The van der Waals surface area contributed by atoms with Crippen LogP contribution >= 0.6 is 12.2 Å². The molecule has 1 aromatic heterocycles. The zero-order valence-electron chi connectivity index (χ0n) is 8.33. The minimum absolute atomic E-state index is 0.835. The average molecular weight is 208 g/mol. The summed E-state index contributed by atoms with van der Waals surface area (Å²) in [6.45, 7) is 1.02. The van der Waals surface area contributed by atoms with E-state index < -0.39 is 0 Å². The molecule has 0 aromatic carbocycles. The lowest BCUT2D eigenvalue weighted by Gasteiger charge is -2.12. The van der Waals surface area contributed by atoms with E-state index >= 15 is 0 Å². The van der Waals surface area contributed by atoms with Crippen molar-refractivity contribution in [2.45, 2.75) is 38.6 Å². The second-order valence-corrected chi connectivity index (χ2v) is 4.20. The molecule has 3 heteroatoms. The predicted octanol–water partition coefficient (Wildman–Crippen LogP) is 3.44. The van der Waals surface area contributed by atoms with Crippen LogP contribution in [0.2, 0.25) is 0 Å². The molecule has 1 N–H and O–H groups in total. The molecule has 1 aromatic rings. The van der Waals surface area contributed by atoms with Gasteiger partial charge >= 0.3 is 0 Å². The number of allylic oxidation sites excluding steroid dienone is 2. The molecule has 0 atom stereocenters. The molecule has 14 heavy (non-hydrogen) atoms. The van der Waals surface area contributed by atoms with Gasteiger partial charge in [-0.25, -0.2) is 0 Å². The Kier molecular flexibility index (Phi) is 3.19. The molecule has 1 aliphatic carbocycles. The van der Waals surface area contributed by atoms with Crippen molar-refractivity contribution < 1.29 is 0 Å². The third-order valence-electron chi connectivity index (χ3n) is 2.78. The van der Waals surface area contributed by atoms with Gasteiger partial charge in [0.2, 0.25) is 0 Å². The van der Waals surface area contributed by atoms with Crippen molar-refractivity contribution in [2.24, 2.45) is 0 Å². The van der Waals surface area contributed by atoms with Gasteiger partial charge in [-0.2, -0.15) is 0 Å². The number of aromatic amines is 1. The molecule has 0 bridgehead atoms. The molecule has 0 saturated carbocycles. The van der Waals surface area contributed by atoms with E-state index in [1.165, 1.54) is 25.7 Å². The number of aromatic nitrogens is 2. The lowest BCUT2D eigenvalue weighted by molar-refractivity contribution is 0.621. The van der Waals surface area contributed by atoms with Crippen LogP contribution in [0.4, 0.5) is 0 Å². The molecule has 76 valence electrons. The van der Waals surface area contributed by atoms with E-state index in [1.807, 2.05) is 12.4 Å². The van der Waals surface area contributed by atoms with Crippen molar-refractivity contribution in [1.82, 2.24) is 9.55 Å². The van der Waals surface area contributed by atoms with Crippen LogP contribution in [0.25, 0.3) is 0 Å². The van der Waals surface area contributed by atoms with Gasteiger partial charge < -0.3 is 9.55 Å². The number of aryl methyl sites for hydroxylation is 1. The standard InChI is InChI=1S/C11H16N2S/c14-11-12-7-9-13(11)8-6-10-4-2-1-3-5-10/h4,7,9H,1-3,5-6,8H2,(H,12,14). The Balaban J connectivity index is 1.91. The van der Waals surface area contributed by atoms with Crippen molar-refractivity contribution in [3.63, 3.8) is 0 Å². The first kappa shape index (κ1) is 9.71. The second-order valence-electron chi connectivity index (χ2n) is 3.82. The number of imidazole rings is 1. The molecule has 0 saturated heterocycles. The fourth-order valence-corrected chi connectivity index (χ4v) is 2.14. The van der Waals surface area contributed by atoms with E-state index in [-0.39, 0.29) is 0 Å². The minimum Gasteiger partial charge on any atom is -0.337 e. The Labute approximate surface area is 89.7 Å². The van der Waals surface area contributed by atoms with E-state index in [0.717, 1.165) is 17.7 Å². The van der Waals surface area contributed by atoms with Crippen molar-refractivity contribution >= 4 is 12.2 Å². The number of hydrogen-bond acceptors (Lipinski definition) is 1. The summed E-state index contributed by atoms with van der Waals surface area (Å²) in [4.78, 5) is 3.01. The van der Waals surface area contributed by atoms with Crippen LogP contribution < -0.4 is 0 Å². The molecular formula is C11H16N2S. The molecule has 0 aliphatic heterocycles. The maximum atomic E-state index is 5.14. The highest BCUT2D eigenvalue weighted by Gasteiger charge is 2.03. The fourth-order valence-electron chi connectivity index (χ4n) is 1.92. The van der Waals surface area contributed by atoms with Gasteiger partial charge in [-0.1, -0.05) is 11.6 Å². The van der Waals surface area contributed by atoms with E-state index in [9.17, 15) is 0 Å². The largest absolute Gasteiger partial charge is 0.337 e. The predicted molar refractivity (Wildman–Crippen MR) is 60.8 cm³/mol. The van der Waals surface area contributed by atoms with Crippen molar-refractivity contribution in [3.8, 4) is 0 Å². The molecule has 0 spiro atoms. The topological polar surface area (TPSA) is 20.7 Å². The van der Waals surface area contributed by atoms with Crippen LogP contribution in [0.5, 0.6) is 0 Å². The Morgan fingerprint density at radius 3 is 3.00 bits per heavy atom. The third-order valence-corrected chi connectivity index (χ3v) is 3.13. The monoisotopic (exact) mass is 208 g/mol. The lowest BCUT2D eigenvalue weighted by Crippen LogP contribution is -2.00. The molecule has 0 unspecified atom stereocenters. The normalized spacial score (nSPS) is 16.7. The summed E-state index contributed by atoms with van der Waals surface area (Å²) in [5.41, 5.74) is 1.61. The van der Waals surface area contributed by atoms with Crippen molar-refractivity contribution in [2.75, 3.05) is 0 Å². The Hall–Kier alpha value is -0.830. The fraction of sp³-hybridized carbons (Fsp3) is 0.545. The second kappa shape index (κ2) is 4.60. The summed E-state index contributed by atoms with van der Waals surface area (Å²) in [6.07, 6.45) is 12.8. The Morgan fingerprint density at radius 1 is 1.43 bits per heavy atom. The van der Waals surface area contributed by atoms with E-state index in [0.29, 0.717) is 0 Å². The lowest BCUT2D eigenvalue weighted by atomic mass is 9.97. The first-order valence-electron chi connectivity index (χ1n) is 5.28. The van der Waals surface area contributed by atoms with Gasteiger partial charge in [0.25, 0.3) is 0 Å². The summed E-state index contributed by atoms with van der Waals surface area (Å²) < 4.78 is 2.94. The van der Waals surface area contributed by atoms with E-state index in [1.54, 1.807) is 5.57 Å². The van der Waals surface area contributed by atoms with Crippen LogP contribution in [0.3, 0.4) is 0 Å². The molecule has 1 aliphatic rings. The van der Waals surface area contributed by atoms with Crippen molar-refractivity contribution in [3.05, 3.63) is 28.8 Å². The zero-order chi connectivity index (χ0) is 9.80. The summed E-state index contributed by atoms with van der Waals surface area (Å²) in [5.74, 6) is 0. The van der Waals surface area contributed by atoms with E-state index in [4.69, 9.17) is 12.2 Å². The number of nitrogens with one attached hydrogen (secondary N) is 1. The third kappa shape index (κ3) is 2.35.